The topological polar surface area (TPSA) is 42.9 Å². The SMILES string of the molecule is O=C(CCc1cnccn1)c1ccc(F)cc1F. The van der Waals surface area contributed by atoms with Crippen molar-refractivity contribution in [1.29, 1.82) is 0 Å². The maximum absolute atomic E-state index is 13.3. The Morgan fingerprint density at radius 2 is 2.06 bits per heavy atom. The number of aromatic nitrogens is 2. The lowest BCUT2D eigenvalue weighted by Crippen LogP contribution is -2.05. The van der Waals surface area contributed by atoms with Crippen molar-refractivity contribution in [3.05, 3.63) is 59.7 Å². The standard InChI is InChI=1S/C13H10F2N2O/c14-9-1-3-11(12(15)7-9)13(18)4-2-10-8-16-5-6-17-10/h1,3,5-8H,2,4H2. The van der Waals surface area contributed by atoms with E-state index in [1.165, 1.54) is 12.4 Å². The van der Waals surface area contributed by atoms with E-state index in [1.54, 1.807) is 6.20 Å². The molecule has 0 aliphatic rings. The van der Waals surface area contributed by atoms with E-state index >= 15 is 0 Å². The highest BCUT2D eigenvalue weighted by Crippen LogP contribution is 2.12. The van der Waals surface area contributed by atoms with Gasteiger partial charge in [-0.05, 0) is 18.6 Å². The summed E-state index contributed by atoms with van der Waals surface area (Å²) in [5.41, 5.74) is 0.564. The summed E-state index contributed by atoms with van der Waals surface area (Å²) >= 11 is 0. The molecule has 0 radical (unpaired) electrons. The lowest BCUT2D eigenvalue weighted by molar-refractivity contribution is 0.0978. The van der Waals surface area contributed by atoms with Gasteiger partial charge in [0.15, 0.2) is 5.78 Å². The van der Waals surface area contributed by atoms with Crippen molar-refractivity contribution in [2.45, 2.75) is 12.8 Å². The van der Waals surface area contributed by atoms with Crippen LogP contribution in [0.1, 0.15) is 22.5 Å². The monoisotopic (exact) mass is 248 g/mol. The van der Waals surface area contributed by atoms with Crippen LogP contribution in [0.3, 0.4) is 0 Å². The lowest BCUT2D eigenvalue weighted by Gasteiger charge is -2.02. The Kier molecular flexibility index (Phi) is 3.72. The number of hydrogen-bond donors (Lipinski definition) is 0. The van der Waals surface area contributed by atoms with Gasteiger partial charge in [0.05, 0.1) is 11.3 Å². The molecule has 0 saturated heterocycles. The Balaban J connectivity index is 2.04. The molecule has 1 aromatic heterocycles. The van der Waals surface area contributed by atoms with Crippen molar-refractivity contribution < 1.29 is 13.6 Å². The molecule has 5 heteroatoms. The minimum Gasteiger partial charge on any atom is -0.294 e. The largest absolute Gasteiger partial charge is 0.294 e. The predicted octanol–water partition coefficient (Wildman–Crippen LogP) is 2.57. The van der Waals surface area contributed by atoms with E-state index in [9.17, 15) is 13.6 Å². The molecule has 1 heterocycles. The molecule has 0 aliphatic heterocycles. The molecule has 2 rings (SSSR count). The third kappa shape index (κ3) is 2.94. The van der Waals surface area contributed by atoms with Crippen molar-refractivity contribution in [3.63, 3.8) is 0 Å². The van der Waals surface area contributed by atoms with Gasteiger partial charge in [0.1, 0.15) is 11.6 Å². The number of carbonyl (C=O) groups is 1. The average molecular weight is 248 g/mol. The predicted molar refractivity (Wildman–Crippen MR) is 61.0 cm³/mol. The van der Waals surface area contributed by atoms with Crippen LogP contribution in [0, 0.1) is 11.6 Å². The highest BCUT2D eigenvalue weighted by Gasteiger charge is 2.12. The first kappa shape index (κ1) is 12.3. The van der Waals surface area contributed by atoms with Crippen molar-refractivity contribution in [1.82, 2.24) is 9.97 Å². The fourth-order valence-electron chi connectivity index (χ4n) is 1.55. The van der Waals surface area contributed by atoms with Gasteiger partial charge in [0.25, 0.3) is 0 Å². The number of rotatable bonds is 4. The van der Waals surface area contributed by atoms with Crippen LogP contribution in [-0.2, 0) is 6.42 Å². The summed E-state index contributed by atoms with van der Waals surface area (Å²) in [5, 5.41) is 0. The van der Waals surface area contributed by atoms with Gasteiger partial charge in [0.2, 0.25) is 0 Å². The van der Waals surface area contributed by atoms with Crippen LogP contribution < -0.4 is 0 Å². The van der Waals surface area contributed by atoms with E-state index in [4.69, 9.17) is 0 Å². The van der Waals surface area contributed by atoms with E-state index in [0.29, 0.717) is 18.2 Å². The second-order valence-corrected chi connectivity index (χ2v) is 3.74. The van der Waals surface area contributed by atoms with Crippen LogP contribution in [0.2, 0.25) is 0 Å². The van der Waals surface area contributed by atoms with Gasteiger partial charge >= 0.3 is 0 Å². The quantitative estimate of drug-likeness (QED) is 0.781. The smallest absolute Gasteiger partial charge is 0.166 e. The molecule has 0 N–H and O–H groups in total. The molecule has 18 heavy (non-hydrogen) atoms. The molecule has 0 aliphatic carbocycles. The molecule has 3 nitrogen and oxygen atoms in total. The zero-order chi connectivity index (χ0) is 13.0. The first-order chi connectivity index (χ1) is 8.66. The van der Waals surface area contributed by atoms with Crippen molar-refractivity contribution >= 4 is 5.78 Å². The van der Waals surface area contributed by atoms with E-state index in [1.807, 2.05) is 0 Å². The fraction of sp³-hybridized carbons (Fsp3) is 0.154. The minimum absolute atomic E-state index is 0.0970. The van der Waals surface area contributed by atoms with Gasteiger partial charge < -0.3 is 0 Å². The van der Waals surface area contributed by atoms with Crippen LogP contribution >= 0.6 is 0 Å². The van der Waals surface area contributed by atoms with Gasteiger partial charge in [-0.3, -0.25) is 14.8 Å². The van der Waals surface area contributed by atoms with Gasteiger partial charge in [-0.25, -0.2) is 8.78 Å². The second-order valence-electron chi connectivity index (χ2n) is 3.74. The van der Waals surface area contributed by atoms with Gasteiger partial charge in [-0.1, -0.05) is 0 Å². The summed E-state index contributed by atoms with van der Waals surface area (Å²) in [4.78, 5) is 19.6. The summed E-state index contributed by atoms with van der Waals surface area (Å²) in [6, 6.07) is 2.93. The van der Waals surface area contributed by atoms with Crippen LogP contribution in [0.25, 0.3) is 0 Å². The highest BCUT2D eigenvalue weighted by molar-refractivity contribution is 5.96. The van der Waals surface area contributed by atoms with E-state index in [0.717, 1.165) is 12.1 Å². The van der Waals surface area contributed by atoms with Gasteiger partial charge in [-0.15, -0.1) is 0 Å². The third-order valence-electron chi connectivity index (χ3n) is 2.46. The third-order valence-corrected chi connectivity index (χ3v) is 2.46. The number of ketones is 1. The summed E-state index contributed by atoms with van der Waals surface area (Å²) in [5.74, 6) is -1.91. The minimum atomic E-state index is -0.834. The van der Waals surface area contributed by atoms with Gasteiger partial charge in [-0.2, -0.15) is 0 Å². The normalized spacial score (nSPS) is 10.3. The molecule has 2 aromatic rings. The molecule has 0 amide bonds. The fourth-order valence-corrected chi connectivity index (χ4v) is 1.55. The molecule has 0 unspecified atom stereocenters. The first-order valence-electron chi connectivity index (χ1n) is 5.40. The number of nitrogens with zero attached hydrogens (tertiary/aromatic N) is 2. The summed E-state index contributed by atoms with van der Waals surface area (Å²) in [7, 11) is 0. The summed E-state index contributed by atoms with van der Waals surface area (Å²) in [6.45, 7) is 0. The zero-order valence-corrected chi connectivity index (χ0v) is 9.44. The first-order valence-corrected chi connectivity index (χ1v) is 5.40. The molecular formula is C13H10F2N2O. The molecular weight excluding hydrogens is 238 g/mol. The summed E-state index contributed by atoms with van der Waals surface area (Å²) in [6.07, 6.45) is 5.10. The lowest BCUT2D eigenvalue weighted by atomic mass is 10.1. The Morgan fingerprint density at radius 1 is 1.22 bits per heavy atom. The molecule has 0 spiro atoms. The Morgan fingerprint density at radius 3 is 2.72 bits per heavy atom. The number of hydrogen-bond acceptors (Lipinski definition) is 3. The number of carbonyl (C=O) groups excluding carboxylic acids is 1. The Bertz CT molecular complexity index is 558. The van der Waals surface area contributed by atoms with Gasteiger partial charge in [0, 0.05) is 31.1 Å². The van der Waals surface area contributed by atoms with E-state index < -0.39 is 11.6 Å². The maximum Gasteiger partial charge on any atom is 0.166 e. The Labute approximate surface area is 103 Å². The zero-order valence-electron chi connectivity index (χ0n) is 9.44. The second kappa shape index (κ2) is 5.44. The number of halogens is 2. The highest BCUT2D eigenvalue weighted by atomic mass is 19.1. The molecule has 92 valence electrons. The van der Waals surface area contributed by atoms with Crippen LogP contribution in [0.15, 0.2) is 36.8 Å². The van der Waals surface area contributed by atoms with Crippen LogP contribution in [-0.4, -0.2) is 15.8 Å². The van der Waals surface area contributed by atoms with Crippen molar-refractivity contribution in [2.75, 3.05) is 0 Å². The van der Waals surface area contributed by atoms with E-state index in [-0.39, 0.29) is 17.8 Å². The number of aryl methyl sites for hydroxylation is 1. The molecule has 0 saturated carbocycles. The maximum atomic E-state index is 13.3. The van der Waals surface area contributed by atoms with E-state index in [2.05, 4.69) is 9.97 Å². The molecule has 0 fully saturated rings. The van der Waals surface area contributed by atoms with Crippen LogP contribution in [0.4, 0.5) is 8.78 Å². The number of benzene rings is 1. The number of Topliss-reactive ketones (excluding diaryl/α,β-unsaturated/α-hetero) is 1. The van der Waals surface area contributed by atoms with Crippen molar-refractivity contribution in [3.8, 4) is 0 Å². The molecule has 0 bridgehead atoms. The molecule has 0 atom stereocenters. The average Bonchev–Trinajstić information content (AvgIpc) is 2.37. The Hall–Kier alpha value is -2.17. The van der Waals surface area contributed by atoms with Crippen molar-refractivity contribution in [2.24, 2.45) is 0 Å². The summed E-state index contributed by atoms with van der Waals surface area (Å²) < 4.78 is 26.0. The van der Waals surface area contributed by atoms with Crippen LogP contribution in [0.5, 0.6) is 0 Å². The molecule has 1 aromatic carbocycles.